The lowest BCUT2D eigenvalue weighted by Crippen LogP contribution is -2.35. The quantitative estimate of drug-likeness (QED) is 0.676. The van der Waals surface area contributed by atoms with Crippen molar-refractivity contribution < 1.29 is 13.2 Å². The molecule has 0 unspecified atom stereocenters. The average Bonchev–Trinajstić information content (AvgIpc) is 2.69. The number of anilines is 1. The predicted octanol–water partition coefficient (Wildman–Crippen LogP) is 5.00. The summed E-state index contributed by atoms with van der Waals surface area (Å²) < 4.78 is 28.0. The van der Waals surface area contributed by atoms with E-state index in [0.717, 1.165) is 30.5 Å². The number of carbonyl (C=O) groups excluding carboxylic acids is 1. The summed E-state index contributed by atoms with van der Waals surface area (Å²) in [4.78, 5) is 13.1. The van der Waals surface area contributed by atoms with Gasteiger partial charge in [-0.2, -0.15) is 4.31 Å². The number of amides is 1. The largest absolute Gasteiger partial charge is 0.322 e. The van der Waals surface area contributed by atoms with Crippen molar-refractivity contribution >= 4 is 37.5 Å². The van der Waals surface area contributed by atoms with Crippen molar-refractivity contribution in [1.29, 1.82) is 0 Å². The molecule has 1 aliphatic rings. The molecule has 150 valence electrons. The summed E-state index contributed by atoms with van der Waals surface area (Å²) in [6.45, 7) is 5.18. The first kappa shape index (κ1) is 21.0. The van der Waals surface area contributed by atoms with Gasteiger partial charge in [0.25, 0.3) is 5.91 Å². The van der Waals surface area contributed by atoms with Gasteiger partial charge in [-0.25, -0.2) is 8.42 Å². The molecule has 0 radical (unpaired) electrons. The van der Waals surface area contributed by atoms with E-state index in [2.05, 4.69) is 35.1 Å². The lowest BCUT2D eigenvalue weighted by molar-refractivity contribution is 0.102. The number of nitrogens with zero attached hydrogens (tertiary/aromatic N) is 1. The summed E-state index contributed by atoms with van der Waals surface area (Å²) in [5, 5.41) is 2.93. The third-order valence-corrected chi connectivity index (χ3v) is 7.55. The van der Waals surface area contributed by atoms with Crippen molar-refractivity contribution in [2.24, 2.45) is 0 Å². The molecular formula is C21H25BrN2O3S. The number of hydrogen-bond acceptors (Lipinski definition) is 3. The van der Waals surface area contributed by atoms with Crippen LogP contribution in [0.2, 0.25) is 0 Å². The van der Waals surface area contributed by atoms with Crippen LogP contribution in [0.5, 0.6) is 0 Å². The number of halogens is 1. The van der Waals surface area contributed by atoms with Gasteiger partial charge in [-0.3, -0.25) is 4.79 Å². The Morgan fingerprint density at radius 3 is 2.43 bits per heavy atom. The molecule has 28 heavy (non-hydrogen) atoms. The van der Waals surface area contributed by atoms with Crippen LogP contribution in [0.4, 0.5) is 5.69 Å². The molecule has 0 bridgehead atoms. The van der Waals surface area contributed by atoms with Crippen molar-refractivity contribution in [2.45, 2.75) is 43.9 Å². The Hall–Kier alpha value is -1.70. The number of sulfonamides is 1. The number of piperidine rings is 1. The van der Waals surface area contributed by atoms with Crippen LogP contribution >= 0.6 is 15.9 Å². The Morgan fingerprint density at radius 2 is 1.75 bits per heavy atom. The molecule has 0 atom stereocenters. The minimum atomic E-state index is -3.60. The van der Waals surface area contributed by atoms with Crippen molar-refractivity contribution in [3.8, 4) is 0 Å². The Bertz CT molecular complexity index is 967. The van der Waals surface area contributed by atoms with E-state index in [1.54, 1.807) is 12.1 Å². The number of para-hydroxylation sites is 1. The number of hydrogen-bond donors (Lipinski definition) is 1. The normalized spacial score (nSPS) is 15.6. The van der Waals surface area contributed by atoms with Gasteiger partial charge in [-0.1, -0.05) is 38.5 Å². The molecular weight excluding hydrogens is 440 g/mol. The molecule has 1 heterocycles. The van der Waals surface area contributed by atoms with E-state index in [1.807, 2.05) is 24.3 Å². The number of rotatable bonds is 5. The van der Waals surface area contributed by atoms with E-state index in [-0.39, 0.29) is 16.7 Å². The summed E-state index contributed by atoms with van der Waals surface area (Å²) >= 11 is 3.39. The topological polar surface area (TPSA) is 66.5 Å². The first-order chi connectivity index (χ1) is 13.3. The van der Waals surface area contributed by atoms with Crippen molar-refractivity contribution in [3.63, 3.8) is 0 Å². The van der Waals surface area contributed by atoms with Gasteiger partial charge in [0.15, 0.2) is 0 Å². The molecule has 1 aliphatic heterocycles. The summed E-state index contributed by atoms with van der Waals surface area (Å²) in [6.07, 6.45) is 2.79. The SMILES string of the molecule is CC(C)c1ccccc1NC(=O)c1cc(S(=O)(=O)N2CCCCC2)ccc1Br. The van der Waals surface area contributed by atoms with Crippen molar-refractivity contribution in [2.75, 3.05) is 18.4 Å². The van der Waals surface area contributed by atoms with Gasteiger partial charge in [0, 0.05) is 23.2 Å². The molecule has 1 fully saturated rings. The first-order valence-electron chi connectivity index (χ1n) is 9.50. The van der Waals surface area contributed by atoms with Gasteiger partial charge in [-0.05, 0) is 64.5 Å². The van der Waals surface area contributed by atoms with E-state index in [0.29, 0.717) is 23.1 Å². The minimum Gasteiger partial charge on any atom is -0.322 e. The zero-order valence-electron chi connectivity index (χ0n) is 16.1. The van der Waals surface area contributed by atoms with Crippen LogP contribution in [-0.4, -0.2) is 31.7 Å². The molecule has 2 aromatic carbocycles. The van der Waals surface area contributed by atoms with E-state index in [9.17, 15) is 13.2 Å². The third kappa shape index (κ3) is 4.47. The summed E-state index contributed by atoms with van der Waals surface area (Å²) in [5.41, 5.74) is 2.07. The van der Waals surface area contributed by atoms with E-state index >= 15 is 0 Å². The highest BCUT2D eigenvalue weighted by atomic mass is 79.9. The maximum atomic E-state index is 13.0. The summed E-state index contributed by atoms with van der Waals surface area (Å²) in [6, 6.07) is 12.3. The number of nitrogens with one attached hydrogen (secondary N) is 1. The average molecular weight is 465 g/mol. The molecule has 0 saturated carbocycles. The Labute approximate surface area is 175 Å². The van der Waals surface area contributed by atoms with Crippen LogP contribution in [0.3, 0.4) is 0 Å². The fraction of sp³-hybridized carbons (Fsp3) is 0.381. The summed E-state index contributed by atoms with van der Waals surface area (Å²) in [7, 11) is -3.60. The highest BCUT2D eigenvalue weighted by Crippen LogP contribution is 2.28. The lowest BCUT2D eigenvalue weighted by Gasteiger charge is -2.26. The molecule has 0 aromatic heterocycles. The molecule has 7 heteroatoms. The Balaban J connectivity index is 1.90. The molecule has 1 amide bonds. The van der Waals surface area contributed by atoms with Gasteiger partial charge in [0.05, 0.1) is 10.5 Å². The molecule has 2 aromatic rings. The standard InChI is InChI=1S/C21H25BrN2O3S/c1-15(2)17-8-4-5-9-20(17)23-21(25)18-14-16(10-11-19(18)22)28(26,27)24-12-6-3-7-13-24/h4-5,8-11,14-15H,3,6-7,12-13H2,1-2H3,(H,23,25). The Kier molecular flexibility index (Phi) is 6.58. The van der Waals surface area contributed by atoms with Gasteiger partial charge in [0.1, 0.15) is 0 Å². The fourth-order valence-corrected chi connectivity index (χ4v) is 5.37. The van der Waals surface area contributed by atoms with Crippen LogP contribution in [0.1, 0.15) is 54.9 Å². The molecule has 1 saturated heterocycles. The van der Waals surface area contributed by atoms with Crippen molar-refractivity contribution in [3.05, 3.63) is 58.1 Å². The highest BCUT2D eigenvalue weighted by molar-refractivity contribution is 9.10. The zero-order valence-corrected chi connectivity index (χ0v) is 18.5. The maximum absolute atomic E-state index is 13.0. The van der Waals surface area contributed by atoms with Crippen LogP contribution in [0.25, 0.3) is 0 Å². The van der Waals surface area contributed by atoms with Crippen LogP contribution in [0, 0.1) is 0 Å². The van der Waals surface area contributed by atoms with Crippen LogP contribution < -0.4 is 5.32 Å². The van der Waals surface area contributed by atoms with Gasteiger partial charge < -0.3 is 5.32 Å². The predicted molar refractivity (Wildman–Crippen MR) is 115 cm³/mol. The molecule has 0 aliphatic carbocycles. The first-order valence-corrected chi connectivity index (χ1v) is 11.7. The third-order valence-electron chi connectivity index (χ3n) is 4.97. The number of carbonyl (C=O) groups is 1. The summed E-state index contributed by atoms with van der Waals surface area (Å²) in [5.74, 6) is -0.0820. The van der Waals surface area contributed by atoms with Gasteiger partial charge in [-0.15, -0.1) is 0 Å². The molecule has 0 spiro atoms. The minimum absolute atomic E-state index is 0.153. The zero-order chi connectivity index (χ0) is 20.3. The van der Waals surface area contributed by atoms with Crippen LogP contribution in [0.15, 0.2) is 51.8 Å². The smallest absolute Gasteiger partial charge is 0.256 e. The van der Waals surface area contributed by atoms with E-state index < -0.39 is 10.0 Å². The second kappa shape index (κ2) is 8.76. The fourth-order valence-electron chi connectivity index (χ4n) is 3.40. The van der Waals surface area contributed by atoms with Gasteiger partial charge in [0.2, 0.25) is 10.0 Å². The van der Waals surface area contributed by atoms with E-state index in [4.69, 9.17) is 0 Å². The Morgan fingerprint density at radius 1 is 1.07 bits per heavy atom. The van der Waals surface area contributed by atoms with Gasteiger partial charge >= 0.3 is 0 Å². The van der Waals surface area contributed by atoms with Crippen LogP contribution in [-0.2, 0) is 10.0 Å². The second-order valence-electron chi connectivity index (χ2n) is 7.30. The maximum Gasteiger partial charge on any atom is 0.256 e. The monoisotopic (exact) mass is 464 g/mol. The van der Waals surface area contributed by atoms with E-state index in [1.165, 1.54) is 10.4 Å². The molecule has 5 nitrogen and oxygen atoms in total. The van der Waals surface area contributed by atoms with Crippen molar-refractivity contribution in [1.82, 2.24) is 4.31 Å². The molecule has 1 N–H and O–H groups in total. The highest BCUT2D eigenvalue weighted by Gasteiger charge is 2.27. The molecule has 3 rings (SSSR count). The number of benzene rings is 2. The lowest BCUT2D eigenvalue weighted by atomic mass is 10.0. The second-order valence-corrected chi connectivity index (χ2v) is 10.1.